The number of hydrogen-bond acceptors (Lipinski definition) is 6. The van der Waals surface area contributed by atoms with Gasteiger partial charge in [-0.05, 0) is 49.5 Å². The maximum absolute atomic E-state index is 12.3. The molecule has 5 saturated carbocycles. The number of nitrogens with zero attached hydrogens (tertiary/aromatic N) is 1. The molecule has 1 aliphatic heterocycles. The smallest absolute Gasteiger partial charge is 0.302 e. The third-order valence-corrected chi connectivity index (χ3v) is 11.0. The largest absolute Gasteiger partial charge is 0.462 e. The van der Waals surface area contributed by atoms with E-state index in [1.807, 2.05) is 0 Å². The second-order valence-electron chi connectivity index (χ2n) is 11.7. The van der Waals surface area contributed by atoms with Crippen LogP contribution in [0.2, 0.25) is 0 Å². The lowest BCUT2D eigenvalue weighted by atomic mass is 9.43. The number of aliphatic hydroxyl groups excluding tert-OH is 1. The van der Waals surface area contributed by atoms with Gasteiger partial charge in [0, 0.05) is 56.2 Å². The number of aliphatic hydroxyl groups is 2. The zero-order valence-corrected chi connectivity index (χ0v) is 18.7. The summed E-state index contributed by atoms with van der Waals surface area (Å²) in [4.78, 5) is 14.8. The molecule has 0 aromatic carbocycles. The Kier molecular flexibility index (Phi) is 3.99. The summed E-state index contributed by atoms with van der Waals surface area (Å²) in [7, 11) is 1.72. The van der Waals surface area contributed by atoms with Gasteiger partial charge in [0.1, 0.15) is 6.10 Å². The maximum atomic E-state index is 12.3. The van der Waals surface area contributed by atoms with E-state index in [1.54, 1.807) is 7.11 Å². The molecule has 7 bridgehead atoms. The van der Waals surface area contributed by atoms with Crippen LogP contribution in [-0.4, -0.2) is 71.2 Å². The molecule has 12 atom stereocenters. The first-order chi connectivity index (χ1) is 14.2. The minimum Gasteiger partial charge on any atom is -0.462 e. The number of rotatable bonds is 3. The van der Waals surface area contributed by atoms with Gasteiger partial charge in [-0.1, -0.05) is 13.8 Å². The van der Waals surface area contributed by atoms with Gasteiger partial charge in [-0.3, -0.25) is 9.69 Å². The highest BCUT2D eigenvalue weighted by atomic mass is 16.5. The lowest BCUT2D eigenvalue weighted by Crippen LogP contribution is -2.75. The lowest BCUT2D eigenvalue weighted by molar-refractivity contribution is -0.269. The molecule has 6 nitrogen and oxygen atoms in total. The number of fused-ring (bicyclic) bond motifs is 2. The Morgan fingerprint density at radius 2 is 2.03 bits per heavy atom. The second-order valence-corrected chi connectivity index (χ2v) is 11.7. The van der Waals surface area contributed by atoms with E-state index >= 15 is 0 Å². The molecule has 0 aromatic rings. The van der Waals surface area contributed by atoms with Gasteiger partial charge < -0.3 is 19.7 Å². The van der Waals surface area contributed by atoms with Crippen molar-refractivity contribution in [1.82, 2.24) is 4.90 Å². The van der Waals surface area contributed by atoms with Crippen molar-refractivity contribution < 1.29 is 24.5 Å². The molecule has 1 saturated heterocycles. The number of esters is 1. The third kappa shape index (κ3) is 2.00. The molecule has 2 unspecified atom stereocenters. The molecule has 0 amide bonds. The fourth-order valence-corrected chi connectivity index (χ4v) is 10.4. The molecular weight excluding hydrogens is 382 g/mol. The summed E-state index contributed by atoms with van der Waals surface area (Å²) in [6, 6.07) is 0.220. The van der Waals surface area contributed by atoms with Crippen LogP contribution in [0.5, 0.6) is 0 Å². The summed E-state index contributed by atoms with van der Waals surface area (Å²) >= 11 is 0. The monoisotopic (exact) mass is 419 g/mol. The molecule has 30 heavy (non-hydrogen) atoms. The van der Waals surface area contributed by atoms with Crippen molar-refractivity contribution in [3.05, 3.63) is 0 Å². The van der Waals surface area contributed by atoms with Gasteiger partial charge in [-0.15, -0.1) is 0 Å². The Morgan fingerprint density at radius 1 is 1.27 bits per heavy atom. The summed E-state index contributed by atoms with van der Waals surface area (Å²) in [6.07, 6.45) is 3.71. The van der Waals surface area contributed by atoms with Crippen LogP contribution in [0.4, 0.5) is 0 Å². The van der Waals surface area contributed by atoms with Crippen molar-refractivity contribution >= 4 is 5.97 Å². The Hall–Kier alpha value is -0.690. The Morgan fingerprint density at radius 3 is 2.70 bits per heavy atom. The van der Waals surface area contributed by atoms with Gasteiger partial charge in [0.15, 0.2) is 0 Å². The molecule has 1 heterocycles. The number of likely N-dealkylation sites (tertiary alicyclic amines) is 1. The molecule has 6 aliphatic rings. The third-order valence-electron chi connectivity index (χ3n) is 11.0. The van der Waals surface area contributed by atoms with Crippen LogP contribution in [0.3, 0.4) is 0 Å². The van der Waals surface area contributed by atoms with E-state index in [2.05, 4.69) is 18.7 Å². The summed E-state index contributed by atoms with van der Waals surface area (Å²) in [6.45, 7) is 8.21. The SMILES string of the molecule is CCN1C[C@]2(C)CC[C@H](OC(C)=O)[C@]34C1[C@H](C[C@H]23)[C@@]1(O)C[C@H](OC)C2C[C@@H]4[C@@H]1[C@H]2O. The highest BCUT2D eigenvalue weighted by molar-refractivity contribution is 5.66. The second kappa shape index (κ2) is 6.00. The molecular formula is C24H37NO5. The number of carbonyl (C=O) groups is 1. The van der Waals surface area contributed by atoms with Crippen LogP contribution < -0.4 is 0 Å². The van der Waals surface area contributed by atoms with E-state index in [1.165, 1.54) is 6.92 Å². The fraction of sp³-hybridized carbons (Fsp3) is 0.958. The molecule has 168 valence electrons. The van der Waals surface area contributed by atoms with Crippen LogP contribution in [-0.2, 0) is 14.3 Å². The van der Waals surface area contributed by atoms with Crippen LogP contribution >= 0.6 is 0 Å². The van der Waals surface area contributed by atoms with Crippen molar-refractivity contribution in [2.45, 2.75) is 82.8 Å². The number of hydrogen-bond donors (Lipinski definition) is 2. The van der Waals surface area contributed by atoms with Crippen LogP contribution in [0.1, 0.15) is 52.9 Å². The van der Waals surface area contributed by atoms with E-state index in [0.29, 0.717) is 12.3 Å². The Balaban J connectivity index is 1.58. The predicted molar refractivity (Wildman–Crippen MR) is 109 cm³/mol. The topological polar surface area (TPSA) is 79.2 Å². The lowest BCUT2D eigenvalue weighted by Gasteiger charge is -2.69. The van der Waals surface area contributed by atoms with Crippen molar-refractivity contribution in [2.75, 3.05) is 20.2 Å². The molecule has 6 fully saturated rings. The highest BCUT2D eigenvalue weighted by Crippen LogP contribution is 2.79. The summed E-state index contributed by atoms with van der Waals surface area (Å²) < 4.78 is 12.0. The minimum atomic E-state index is -0.898. The zero-order chi connectivity index (χ0) is 21.2. The summed E-state index contributed by atoms with van der Waals surface area (Å²) in [5, 5.41) is 23.7. The number of carbonyl (C=O) groups excluding carboxylic acids is 1. The van der Waals surface area contributed by atoms with Gasteiger partial charge >= 0.3 is 5.97 Å². The number of ether oxygens (including phenoxy) is 2. The van der Waals surface area contributed by atoms with Crippen LogP contribution in [0.25, 0.3) is 0 Å². The van der Waals surface area contributed by atoms with Crippen molar-refractivity contribution in [2.24, 2.45) is 40.4 Å². The van der Waals surface area contributed by atoms with E-state index in [-0.39, 0.29) is 58.7 Å². The highest BCUT2D eigenvalue weighted by Gasteiger charge is 2.83. The Bertz CT molecular complexity index is 775. The average Bonchev–Trinajstić information content (AvgIpc) is 3.12. The van der Waals surface area contributed by atoms with E-state index in [9.17, 15) is 15.0 Å². The van der Waals surface area contributed by atoms with E-state index in [0.717, 1.165) is 38.8 Å². The predicted octanol–water partition coefficient (Wildman–Crippen LogP) is 1.82. The average molecular weight is 420 g/mol. The maximum Gasteiger partial charge on any atom is 0.302 e. The fourth-order valence-electron chi connectivity index (χ4n) is 10.4. The van der Waals surface area contributed by atoms with Gasteiger partial charge in [0.25, 0.3) is 0 Å². The van der Waals surface area contributed by atoms with Crippen molar-refractivity contribution in [3.8, 4) is 0 Å². The van der Waals surface area contributed by atoms with Gasteiger partial charge in [-0.2, -0.15) is 0 Å². The first-order valence-electron chi connectivity index (χ1n) is 12.1. The van der Waals surface area contributed by atoms with Gasteiger partial charge in [0.05, 0.1) is 17.8 Å². The summed E-state index contributed by atoms with van der Waals surface area (Å²) in [5.74, 6) is 0.466. The minimum absolute atomic E-state index is 0.0703. The van der Waals surface area contributed by atoms with Crippen molar-refractivity contribution in [3.63, 3.8) is 0 Å². The molecule has 6 heteroatoms. The molecule has 0 radical (unpaired) electrons. The first kappa shape index (κ1) is 20.0. The number of methoxy groups -OCH3 is 1. The normalized spacial score (nSPS) is 60.5. The summed E-state index contributed by atoms with van der Waals surface area (Å²) in [5.41, 5.74) is -0.881. The zero-order valence-electron chi connectivity index (χ0n) is 18.7. The molecule has 6 rings (SSSR count). The number of piperidine rings is 1. The van der Waals surface area contributed by atoms with E-state index < -0.39 is 11.7 Å². The van der Waals surface area contributed by atoms with Gasteiger partial charge in [-0.25, -0.2) is 0 Å². The van der Waals surface area contributed by atoms with Crippen LogP contribution in [0.15, 0.2) is 0 Å². The molecule has 0 aromatic heterocycles. The van der Waals surface area contributed by atoms with E-state index in [4.69, 9.17) is 9.47 Å². The van der Waals surface area contributed by atoms with Crippen LogP contribution in [0, 0.1) is 40.4 Å². The Labute approximate surface area is 179 Å². The molecule has 1 spiro atoms. The van der Waals surface area contributed by atoms with Gasteiger partial charge in [0.2, 0.25) is 0 Å². The molecule has 2 N–H and O–H groups in total. The van der Waals surface area contributed by atoms with Crippen molar-refractivity contribution in [1.29, 1.82) is 0 Å². The standard InChI is InChI=1S/C24H37NO5/c1-5-25-11-22(3)7-6-18(30-12(2)26)24-14-8-13-16(29-4)10-23(28,19(14)20(13)27)15(21(24)25)9-17(22)24/h13-21,27-28H,5-11H2,1-4H3/t13?,14-,15+,16+,17-,18+,19-,20+,21?,22+,23+,24-/m1/s1. The quantitative estimate of drug-likeness (QED) is 0.680. The molecule has 5 aliphatic carbocycles. The first-order valence-corrected chi connectivity index (χ1v) is 12.1.